The van der Waals surface area contributed by atoms with Crippen molar-refractivity contribution in [2.24, 2.45) is 0 Å². The molecule has 122 valence electrons. The summed E-state index contributed by atoms with van der Waals surface area (Å²) in [6, 6.07) is 5.93. The molecule has 1 aromatic rings. The number of amides is 2. The van der Waals surface area contributed by atoms with E-state index in [1.165, 1.54) is 0 Å². The van der Waals surface area contributed by atoms with Gasteiger partial charge in [-0.3, -0.25) is 9.59 Å². The third-order valence-corrected chi connectivity index (χ3v) is 3.53. The van der Waals surface area contributed by atoms with Gasteiger partial charge in [-0.15, -0.1) is 0 Å². The van der Waals surface area contributed by atoms with Crippen molar-refractivity contribution >= 4 is 23.2 Å². The van der Waals surface area contributed by atoms with Crippen molar-refractivity contribution in [3.63, 3.8) is 0 Å². The first-order chi connectivity index (χ1) is 10.3. The Morgan fingerprint density at radius 2 is 1.86 bits per heavy atom. The van der Waals surface area contributed by atoms with Crippen LogP contribution in [0, 0.1) is 0 Å². The fourth-order valence-corrected chi connectivity index (χ4v) is 2.32. The number of carbonyl (C=O) groups excluding carboxylic acids is 2. The van der Waals surface area contributed by atoms with E-state index >= 15 is 0 Å². The van der Waals surface area contributed by atoms with Gasteiger partial charge in [-0.05, 0) is 37.6 Å². The number of hydrogen-bond donors (Lipinski definition) is 1. The first kappa shape index (κ1) is 18.0. The smallest absolute Gasteiger partial charge is 0.224 e. The number of carbonyl (C=O) groups is 2. The molecule has 1 aromatic carbocycles. The Bertz CT molecular complexity index is 539. The summed E-state index contributed by atoms with van der Waals surface area (Å²) in [6.07, 6.45) is 0.441. The van der Waals surface area contributed by atoms with Crippen molar-refractivity contribution in [2.45, 2.75) is 46.7 Å². The van der Waals surface area contributed by atoms with E-state index in [1.807, 2.05) is 62.9 Å². The molecule has 5 heteroatoms. The topological polar surface area (TPSA) is 52.7 Å². The van der Waals surface area contributed by atoms with E-state index in [4.69, 9.17) is 0 Å². The molecule has 0 atom stereocenters. The largest absolute Gasteiger partial charge is 0.377 e. The predicted molar refractivity (Wildman–Crippen MR) is 91.0 cm³/mol. The van der Waals surface area contributed by atoms with E-state index in [0.29, 0.717) is 13.0 Å². The van der Waals surface area contributed by atoms with Gasteiger partial charge in [-0.25, -0.2) is 0 Å². The zero-order chi connectivity index (χ0) is 16.9. The summed E-state index contributed by atoms with van der Waals surface area (Å²) in [6.45, 7) is 7.92. The van der Waals surface area contributed by atoms with Crippen molar-refractivity contribution in [3.8, 4) is 0 Å². The van der Waals surface area contributed by atoms with Crippen molar-refractivity contribution in [1.29, 1.82) is 0 Å². The van der Waals surface area contributed by atoms with Crippen LogP contribution in [0.1, 0.15) is 39.7 Å². The average molecular weight is 305 g/mol. The molecule has 0 unspecified atom stereocenters. The van der Waals surface area contributed by atoms with E-state index in [9.17, 15) is 9.59 Å². The van der Waals surface area contributed by atoms with Crippen LogP contribution < -0.4 is 10.2 Å². The lowest BCUT2D eigenvalue weighted by molar-refractivity contribution is -0.131. The van der Waals surface area contributed by atoms with Gasteiger partial charge in [0.1, 0.15) is 0 Å². The van der Waals surface area contributed by atoms with Gasteiger partial charge in [0.2, 0.25) is 11.8 Å². The Kier molecular flexibility index (Phi) is 6.40. The standard InChI is InChI=1S/C17H27N3O2/c1-7-17(22)18-15-8-9-16(19(5)6)14(10-15)11-20(12(2)3)13(4)21/h8-10,12H,7,11H2,1-6H3,(H,18,22). The number of hydrogen-bond acceptors (Lipinski definition) is 3. The van der Waals surface area contributed by atoms with Crippen molar-refractivity contribution in [1.82, 2.24) is 4.90 Å². The normalized spacial score (nSPS) is 10.5. The molecule has 0 bridgehead atoms. The maximum Gasteiger partial charge on any atom is 0.224 e. The minimum Gasteiger partial charge on any atom is -0.377 e. The van der Waals surface area contributed by atoms with Crippen LogP contribution in [-0.2, 0) is 16.1 Å². The summed E-state index contributed by atoms with van der Waals surface area (Å²) in [5.41, 5.74) is 2.82. The summed E-state index contributed by atoms with van der Waals surface area (Å²) >= 11 is 0. The van der Waals surface area contributed by atoms with Gasteiger partial charge in [-0.1, -0.05) is 6.92 Å². The molecule has 0 saturated heterocycles. The van der Waals surface area contributed by atoms with Gasteiger partial charge in [0.15, 0.2) is 0 Å². The quantitative estimate of drug-likeness (QED) is 0.879. The van der Waals surface area contributed by atoms with Gasteiger partial charge in [-0.2, -0.15) is 0 Å². The Balaban J connectivity index is 3.14. The lowest BCUT2D eigenvalue weighted by atomic mass is 10.1. The highest BCUT2D eigenvalue weighted by atomic mass is 16.2. The van der Waals surface area contributed by atoms with Crippen LogP contribution in [0.25, 0.3) is 0 Å². The highest BCUT2D eigenvalue weighted by Gasteiger charge is 2.16. The van der Waals surface area contributed by atoms with Crippen LogP contribution in [0.4, 0.5) is 11.4 Å². The summed E-state index contributed by atoms with van der Waals surface area (Å²) in [5, 5.41) is 2.87. The lowest BCUT2D eigenvalue weighted by Crippen LogP contribution is -2.35. The molecular formula is C17H27N3O2. The molecule has 0 fully saturated rings. The van der Waals surface area contributed by atoms with E-state index in [1.54, 1.807) is 6.92 Å². The van der Waals surface area contributed by atoms with Gasteiger partial charge < -0.3 is 15.1 Å². The fraction of sp³-hybridized carbons (Fsp3) is 0.529. The second kappa shape index (κ2) is 7.82. The highest BCUT2D eigenvalue weighted by Crippen LogP contribution is 2.25. The Morgan fingerprint density at radius 1 is 1.23 bits per heavy atom. The Labute approximate surface area is 133 Å². The van der Waals surface area contributed by atoms with E-state index in [-0.39, 0.29) is 17.9 Å². The van der Waals surface area contributed by atoms with Crippen LogP contribution in [0.5, 0.6) is 0 Å². The second-order valence-corrected chi connectivity index (χ2v) is 5.88. The van der Waals surface area contributed by atoms with Gasteiger partial charge in [0, 0.05) is 51.4 Å². The Morgan fingerprint density at radius 3 is 2.32 bits per heavy atom. The minimum absolute atomic E-state index is 0.0177. The third-order valence-electron chi connectivity index (χ3n) is 3.53. The molecular weight excluding hydrogens is 278 g/mol. The molecule has 0 aliphatic carbocycles. The summed E-state index contributed by atoms with van der Waals surface area (Å²) in [7, 11) is 3.94. The molecule has 5 nitrogen and oxygen atoms in total. The zero-order valence-corrected chi connectivity index (χ0v) is 14.4. The second-order valence-electron chi connectivity index (χ2n) is 5.88. The molecule has 0 spiro atoms. The zero-order valence-electron chi connectivity index (χ0n) is 14.4. The minimum atomic E-state index is -0.0177. The van der Waals surface area contributed by atoms with E-state index < -0.39 is 0 Å². The number of nitrogens with one attached hydrogen (secondary N) is 1. The van der Waals surface area contributed by atoms with Gasteiger partial charge >= 0.3 is 0 Å². The SMILES string of the molecule is CCC(=O)Nc1ccc(N(C)C)c(CN(C(C)=O)C(C)C)c1. The van der Waals surface area contributed by atoms with E-state index in [2.05, 4.69) is 5.32 Å². The molecule has 22 heavy (non-hydrogen) atoms. The summed E-state index contributed by atoms with van der Waals surface area (Å²) in [5.74, 6) is 0.0264. The number of benzene rings is 1. The van der Waals surface area contributed by atoms with Crippen molar-refractivity contribution in [2.75, 3.05) is 24.3 Å². The van der Waals surface area contributed by atoms with Crippen LogP contribution >= 0.6 is 0 Å². The molecule has 0 aromatic heterocycles. The lowest BCUT2D eigenvalue weighted by Gasteiger charge is -2.28. The average Bonchev–Trinajstić information content (AvgIpc) is 2.43. The maximum absolute atomic E-state index is 11.8. The van der Waals surface area contributed by atoms with Crippen LogP contribution in [0.2, 0.25) is 0 Å². The predicted octanol–water partition coefficient (Wildman–Crippen LogP) is 2.86. The molecule has 0 aliphatic rings. The molecule has 1 N–H and O–H groups in total. The van der Waals surface area contributed by atoms with Crippen LogP contribution in [-0.4, -0.2) is 36.9 Å². The number of nitrogens with zero attached hydrogens (tertiary/aromatic N) is 2. The first-order valence-electron chi connectivity index (χ1n) is 7.63. The van der Waals surface area contributed by atoms with Crippen LogP contribution in [0.3, 0.4) is 0 Å². The summed E-state index contributed by atoms with van der Waals surface area (Å²) < 4.78 is 0. The summed E-state index contributed by atoms with van der Waals surface area (Å²) in [4.78, 5) is 27.2. The molecule has 0 aliphatic heterocycles. The van der Waals surface area contributed by atoms with Gasteiger partial charge in [0.05, 0.1) is 0 Å². The third kappa shape index (κ3) is 4.76. The maximum atomic E-state index is 11.8. The first-order valence-corrected chi connectivity index (χ1v) is 7.63. The van der Waals surface area contributed by atoms with E-state index in [0.717, 1.165) is 16.9 Å². The molecule has 1 rings (SSSR count). The monoisotopic (exact) mass is 305 g/mol. The molecule has 2 amide bonds. The van der Waals surface area contributed by atoms with Crippen LogP contribution in [0.15, 0.2) is 18.2 Å². The number of anilines is 2. The highest BCUT2D eigenvalue weighted by molar-refractivity contribution is 5.90. The molecule has 0 radical (unpaired) electrons. The fourth-order valence-electron chi connectivity index (χ4n) is 2.32. The number of rotatable bonds is 6. The van der Waals surface area contributed by atoms with Crippen molar-refractivity contribution in [3.05, 3.63) is 23.8 Å². The Hall–Kier alpha value is -2.04. The van der Waals surface area contributed by atoms with Gasteiger partial charge in [0.25, 0.3) is 0 Å². The molecule has 0 saturated carbocycles. The molecule has 0 heterocycles. The van der Waals surface area contributed by atoms with Crippen molar-refractivity contribution < 1.29 is 9.59 Å².